The summed E-state index contributed by atoms with van der Waals surface area (Å²) in [6.07, 6.45) is 0.199. The van der Waals surface area contributed by atoms with E-state index in [4.69, 9.17) is 14.2 Å². The molecule has 0 fully saturated rings. The van der Waals surface area contributed by atoms with E-state index in [2.05, 4.69) is 0 Å². The lowest BCUT2D eigenvalue weighted by Gasteiger charge is -2.17. The van der Waals surface area contributed by atoms with Crippen LogP contribution in [-0.2, 0) is 0 Å². The average molecular weight is 396 g/mol. The van der Waals surface area contributed by atoms with Crippen LogP contribution in [0.1, 0.15) is 26.7 Å². The van der Waals surface area contributed by atoms with Crippen molar-refractivity contribution in [2.24, 2.45) is 0 Å². The second kappa shape index (κ2) is 10.1. The Labute approximate surface area is 171 Å². The van der Waals surface area contributed by atoms with Gasteiger partial charge < -0.3 is 24.4 Å². The van der Waals surface area contributed by atoms with Crippen molar-refractivity contribution in [3.63, 3.8) is 0 Å². The Bertz CT molecular complexity index is 905. The fraction of sp³-hybridized carbons (Fsp3) is 0.333. The van der Waals surface area contributed by atoms with E-state index < -0.39 is 12.2 Å². The Morgan fingerprint density at radius 2 is 1.41 bits per heavy atom. The maximum absolute atomic E-state index is 9.89. The Hall–Kier alpha value is -2.76. The van der Waals surface area contributed by atoms with Crippen LogP contribution in [0.4, 0.5) is 0 Å². The first-order chi connectivity index (χ1) is 14.1. The van der Waals surface area contributed by atoms with Crippen LogP contribution in [0.2, 0.25) is 0 Å². The van der Waals surface area contributed by atoms with Gasteiger partial charge in [0, 0.05) is 5.39 Å². The molecule has 0 saturated heterocycles. The van der Waals surface area contributed by atoms with Gasteiger partial charge in [-0.15, -0.1) is 0 Å². The Kier molecular flexibility index (Phi) is 7.33. The van der Waals surface area contributed by atoms with Gasteiger partial charge in [-0.3, -0.25) is 0 Å². The number of hydrogen-bond acceptors (Lipinski definition) is 5. The van der Waals surface area contributed by atoms with Crippen LogP contribution in [0, 0.1) is 0 Å². The first-order valence-corrected chi connectivity index (χ1v) is 10.0. The molecular formula is C24H28O5. The van der Waals surface area contributed by atoms with Crippen molar-refractivity contribution in [2.45, 2.75) is 38.9 Å². The molecule has 0 aliphatic rings. The summed E-state index contributed by atoms with van der Waals surface area (Å²) in [5, 5.41) is 21.5. The van der Waals surface area contributed by atoms with E-state index >= 15 is 0 Å². The maximum atomic E-state index is 9.89. The van der Waals surface area contributed by atoms with Crippen molar-refractivity contribution in [3.05, 3.63) is 60.7 Å². The second-order valence-electron chi connectivity index (χ2n) is 6.94. The van der Waals surface area contributed by atoms with E-state index in [1.54, 1.807) is 0 Å². The summed E-state index contributed by atoms with van der Waals surface area (Å²) in [6.45, 7) is 4.24. The fourth-order valence-electron chi connectivity index (χ4n) is 2.78. The minimum atomic E-state index is -0.541. The zero-order chi connectivity index (χ0) is 20.6. The highest BCUT2D eigenvalue weighted by Crippen LogP contribution is 2.40. The molecule has 3 rings (SSSR count). The van der Waals surface area contributed by atoms with Crippen molar-refractivity contribution in [1.82, 2.24) is 0 Å². The largest absolute Gasteiger partial charge is 0.491 e. The van der Waals surface area contributed by atoms with Gasteiger partial charge in [-0.1, -0.05) is 44.2 Å². The predicted molar refractivity (Wildman–Crippen MR) is 114 cm³/mol. The molecular weight excluding hydrogens is 368 g/mol. The van der Waals surface area contributed by atoms with Crippen molar-refractivity contribution >= 4 is 10.8 Å². The van der Waals surface area contributed by atoms with E-state index in [0.29, 0.717) is 35.8 Å². The molecule has 0 radical (unpaired) electrons. The zero-order valence-corrected chi connectivity index (χ0v) is 16.9. The molecule has 2 atom stereocenters. The summed E-state index contributed by atoms with van der Waals surface area (Å²) < 4.78 is 17.8. The van der Waals surface area contributed by atoms with Crippen LogP contribution >= 0.6 is 0 Å². The highest BCUT2D eigenvalue weighted by atomic mass is 16.5. The SMILES string of the molecule is CCC(O)COc1ccc2ccc(OCC(O)CC)c(Oc3ccccc3)c2c1. The van der Waals surface area contributed by atoms with Gasteiger partial charge in [-0.05, 0) is 48.6 Å². The van der Waals surface area contributed by atoms with Crippen molar-refractivity contribution < 1.29 is 24.4 Å². The summed E-state index contributed by atoms with van der Waals surface area (Å²) in [7, 11) is 0. The van der Waals surface area contributed by atoms with E-state index in [1.165, 1.54) is 0 Å². The lowest BCUT2D eigenvalue weighted by atomic mass is 10.1. The monoisotopic (exact) mass is 396 g/mol. The molecule has 5 heteroatoms. The number of fused-ring (bicyclic) bond motifs is 1. The van der Waals surface area contributed by atoms with Crippen LogP contribution < -0.4 is 14.2 Å². The smallest absolute Gasteiger partial charge is 0.177 e. The van der Waals surface area contributed by atoms with E-state index in [9.17, 15) is 10.2 Å². The molecule has 0 aromatic heterocycles. The van der Waals surface area contributed by atoms with Gasteiger partial charge in [0.25, 0.3) is 0 Å². The van der Waals surface area contributed by atoms with Gasteiger partial charge in [-0.2, -0.15) is 0 Å². The third-order valence-electron chi connectivity index (χ3n) is 4.69. The van der Waals surface area contributed by atoms with Crippen LogP contribution in [0.25, 0.3) is 10.8 Å². The van der Waals surface area contributed by atoms with E-state index in [-0.39, 0.29) is 13.2 Å². The number of hydrogen-bond donors (Lipinski definition) is 2. The van der Waals surface area contributed by atoms with Gasteiger partial charge in [0.2, 0.25) is 0 Å². The number of aliphatic hydroxyl groups excluding tert-OH is 2. The zero-order valence-electron chi connectivity index (χ0n) is 16.9. The second-order valence-corrected chi connectivity index (χ2v) is 6.94. The van der Waals surface area contributed by atoms with Crippen LogP contribution in [0.3, 0.4) is 0 Å². The molecule has 154 valence electrons. The Morgan fingerprint density at radius 1 is 0.759 bits per heavy atom. The quantitative estimate of drug-likeness (QED) is 0.508. The van der Waals surface area contributed by atoms with E-state index in [1.807, 2.05) is 74.5 Å². The highest BCUT2D eigenvalue weighted by Gasteiger charge is 2.15. The first-order valence-electron chi connectivity index (χ1n) is 10.0. The van der Waals surface area contributed by atoms with Gasteiger partial charge >= 0.3 is 0 Å². The molecule has 0 bridgehead atoms. The molecule has 0 heterocycles. The number of ether oxygens (including phenoxy) is 3. The topological polar surface area (TPSA) is 68.2 Å². The third-order valence-corrected chi connectivity index (χ3v) is 4.69. The molecule has 2 unspecified atom stereocenters. The van der Waals surface area contributed by atoms with Crippen molar-refractivity contribution in [2.75, 3.05) is 13.2 Å². The number of para-hydroxylation sites is 1. The number of rotatable bonds is 10. The molecule has 0 aliphatic heterocycles. The lowest BCUT2D eigenvalue weighted by Crippen LogP contribution is -2.16. The lowest BCUT2D eigenvalue weighted by molar-refractivity contribution is 0.103. The fourth-order valence-corrected chi connectivity index (χ4v) is 2.78. The highest BCUT2D eigenvalue weighted by molar-refractivity contribution is 5.92. The molecule has 0 aliphatic carbocycles. The molecule has 2 N–H and O–H groups in total. The van der Waals surface area contributed by atoms with Gasteiger partial charge in [0.15, 0.2) is 11.5 Å². The summed E-state index contributed by atoms with van der Waals surface area (Å²) in [4.78, 5) is 0. The molecule has 29 heavy (non-hydrogen) atoms. The normalized spacial score (nSPS) is 13.1. The summed E-state index contributed by atoms with van der Waals surface area (Å²) >= 11 is 0. The Morgan fingerprint density at radius 3 is 2.10 bits per heavy atom. The summed E-state index contributed by atoms with van der Waals surface area (Å²) in [5.41, 5.74) is 0. The summed E-state index contributed by atoms with van der Waals surface area (Å²) in [5.74, 6) is 2.46. The third kappa shape index (κ3) is 5.62. The van der Waals surface area contributed by atoms with Crippen LogP contribution in [-0.4, -0.2) is 35.6 Å². The average Bonchev–Trinajstić information content (AvgIpc) is 2.77. The minimum Gasteiger partial charge on any atom is -0.491 e. The van der Waals surface area contributed by atoms with E-state index in [0.717, 1.165) is 10.8 Å². The van der Waals surface area contributed by atoms with Gasteiger partial charge in [0.1, 0.15) is 24.7 Å². The molecule has 3 aromatic carbocycles. The molecule has 0 spiro atoms. The van der Waals surface area contributed by atoms with Crippen molar-refractivity contribution in [3.8, 4) is 23.0 Å². The van der Waals surface area contributed by atoms with Crippen LogP contribution in [0.15, 0.2) is 60.7 Å². The van der Waals surface area contributed by atoms with Gasteiger partial charge in [0.05, 0.1) is 12.2 Å². The maximum Gasteiger partial charge on any atom is 0.177 e. The summed E-state index contributed by atoms with van der Waals surface area (Å²) in [6, 6.07) is 19.0. The first kappa shape index (κ1) is 21.0. The van der Waals surface area contributed by atoms with Gasteiger partial charge in [-0.25, -0.2) is 0 Å². The Balaban J connectivity index is 1.97. The molecule has 3 aromatic rings. The molecule has 0 amide bonds. The minimum absolute atomic E-state index is 0.187. The number of aliphatic hydroxyl groups is 2. The predicted octanol–water partition coefficient (Wildman–Crippen LogP) is 4.93. The standard InChI is InChI=1S/C24H28O5/c1-3-18(25)15-27-21-12-10-17-11-13-23(28-16-19(26)4-2)24(22(17)14-21)29-20-8-6-5-7-9-20/h5-14,18-19,25-26H,3-4,15-16H2,1-2H3. The number of benzene rings is 3. The molecule has 0 saturated carbocycles. The molecule has 5 nitrogen and oxygen atoms in total. The van der Waals surface area contributed by atoms with Crippen molar-refractivity contribution in [1.29, 1.82) is 0 Å². The van der Waals surface area contributed by atoms with Crippen LogP contribution in [0.5, 0.6) is 23.0 Å².